The van der Waals surface area contributed by atoms with Crippen LogP contribution in [0.2, 0.25) is 5.02 Å². The molecule has 1 aromatic heterocycles. The largest absolute Gasteiger partial charge is 0.467 e. The number of methoxy groups -OCH3 is 1. The molecule has 2 atom stereocenters. The van der Waals surface area contributed by atoms with Crippen LogP contribution in [0, 0.1) is 5.92 Å². The smallest absolute Gasteiger partial charge is 0.416 e. The van der Waals surface area contributed by atoms with Crippen molar-refractivity contribution in [3.8, 4) is 0 Å². The van der Waals surface area contributed by atoms with E-state index in [0.717, 1.165) is 33.5 Å². The molecule has 7 nitrogen and oxygen atoms in total. The number of rotatable bonds is 3. The van der Waals surface area contributed by atoms with E-state index in [-0.39, 0.29) is 18.5 Å². The van der Waals surface area contributed by atoms with Gasteiger partial charge in [-0.15, -0.1) is 0 Å². The van der Waals surface area contributed by atoms with Crippen molar-refractivity contribution < 1.29 is 32.3 Å². The van der Waals surface area contributed by atoms with E-state index in [1.807, 2.05) is 24.3 Å². The topological polar surface area (TPSA) is 91.5 Å². The van der Waals surface area contributed by atoms with Crippen molar-refractivity contribution in [2.45, 2.75) is 24.6 Å². The number of ether oxygens (including phenoxy) is 1. The molecule has 3 aromatic rings. The number of carbonyl (C=O) groups is 3. The molecule has 5 rings (SSSR count). The molecule has 3 heterocycles. The summed E-state index contributed by atoms with van der Waals surface area (Å²) in [6.07, 6.45) is -3.88. The predicted octanol–water partition coefficient (Wildman–Crippen LogP) is 4.04. The molecule has 36 heavy (non-hydrogen) atoms. The maximum atomic E-state index is 13.6. The summed E-state index contributed by atoms with van der Waals surface area (Å²) in [5, 5.41) is 3.71. The highest BCUT2D eigenvalue weighted by Gasteiger charge is 2.58. The number of esters is 1. The van der Waals surface area contributed by atoms with Crippen molar-refractivity contribution in [2.75, 3.05) is 20.2 Å². The molecule has 0 saturated carbocycles. The van der Waals surface area contributed by atoms with Crippen molar-refractivity contribution in [2.24, 2.45) is 5.92 Å². The highest BCUT2D eigenvalue weighted by atomic mass is 35.5. The van der Waals surface area contributed by atoms with Gasteiger partial charge in [0, 0.05) is 24.0 Å². The SMILES string of the molecule is COC(=O)[C@]1([C@H]2CCN(C(=O)c3ccc(C(F)(F)F)cc3Cl)C2=O)NCCc2c1[nH]c1ccccc21. The molecule has 2 N–H and O–H groups in total. The van der Waals surface area contributed by atoms with Crippen LogP contribution in [0.5, 0.6) is 0 Å². The minimum atomic E-state index is -4.63. The fourth-order valence-corrected chi connectivity index (χ4v) is 5.60. The van der Waals surface area contributed by atoms with Gasteiger partial charge < -0.3 is 9.72 Å². The molecule has 0 bridgehead atoms. The zero-order chi connectivity index (χ0) is 25.8. The molecule has 2 amide bonds. The Hall–Kier alpha value is -3.37. The average Bonchev–Trinajstić information content (AvgIpc) is 3.43. The zero-order valence-corrected chi connectivity index (χ0v) is 19.8. The van der Waals surface area contributed by atoms with Gasteiger partial charge in [-0.3, -0.25) is 19.8 Å². The highest BCUT2D eigenvalue weighted by molar-refractivity contribution is 6.34. The average molecular weight is 520 g/mol. The van der Waals surface area contributed by atoms with E-state index in [0.29, 0.717) is 24.7 Å². The number of hydrogen-bond donors (Lipinski definition) is 2. The third-order valence-electron chi connectivity index (χ3n) is 6.99. The number of H-pyrrole nitrogens is 1. The molecule has 0 radical (unpaired) electrons. The van der Waals surface area contributed by atoms with Crippen LogP contribution in [0.4, 0.5) is 13.2 Å². The van der Waals surface area contributed by atoms with Crippen molar-refractivity contribution in [1.29, 1.82) is 0 Å². The third-order valence-corrected chi connectivity index (χ3v) is 7.31. The number of nitrogens with zero attached hydrogens (tertiary/aromatic N) is 1. The molecular formula is C25H21ClF3N3O4. The molecular weight excluding hydrogens is 499 g/mol. The number of alkyl halides is 3. The Morgan fingerprint density at radius 2 is 1.94 bits per heavy atom. The van der Waals surface area contributed by atoms with E-state index >= 15 is 0 Å². The van der Waals surface area contributed by atoms with Crippen LogP contribution in [-0.2, 0) is 32.5 Å². The first-order chi connectivity index (χ1) is 17.1. The van der Waals surface area contributed by atoms with Crippen molar-refractivity contribution in [3.63, 3.8) is 0 Å². The van der Waals surface area contributed by atoms with Crippen LogP contribution >= 0.6 is 11.6 Å². The van der Waals surface area contributed by atoms with E-state index in [2.05, 4.69) is 10.3 Å². The van der Waals surface area contributed by atoms with Gasteiger partial charge in [-0.1, -0.05) is 29.8 Å². The normalized spacial score (nSPS) is 22.1. The van der Waals surface area contributed by atoms with Crippen molar-refractivity contribution in [1.82, 2.24) is 15.2 Å². The first-order valence-electron chi connectivity index (χ1n) is 11.3. The molecule has 2 aliphatic rings. The second kappa shape index (κ2) is 8.63. The summed E-state index contributed by atoms with van der Waals surface area (Å²) in [5.74, 6) is -3.13. The van der Waals surface area contributed by atoms with Crippen LogP contribution in [0.25, 0.3) is 10.9 Å². The van der Waals surface area contributed by atoms with Gasteiger partial charge in [-0.2, -0.15) is 13.2 Å². The van der Waals surface area contributed by atoms with Gasteiger partial charge in [0.25, 0.3) is 5.91 Å². The number of para-hydroxylation sites is 1. The third kappa shape index (κ3) is 3.58. The van der Waals surface area contributed by atoms with Gasteiger partial charge >= 0.3 is 12.1 Å². The maximum absolute atomic E-state index is 13.6. The van der Waals surface area contributed by atoms with E-state index in [4.69, 9.17) is 16.3 Å². The van der Waals surface area contributed by atoms with Crippen molar-refractivity contribution >= 4 is 40.3 Å². The van der Waals surface area contributed by atoms with Gasteiger partial charge in [0.05, 0.1) is 34.9 Å². The minimum absolute atomic E-state index is 0.0321. The first kappa shape index (κ1) is 24.3. The van der Waals surface area contributed by atoms with E-state index in [1.165, 1.54) is 7.11 Å². The zero-order valence-electron chi connectivity index (χ0n) is 19.0. The number of fused-ring (bicyclic) bond motifs is 3. The Kier molecular flexibility index (Phi) is 5.83. The van der Waals surface area contributed by atoms with Gasteiger partial charge in [0.15, 0.2) is 5.54 Å². The molecule has 0 unspecified atom stereocenters. The second-order valence-corrected chi connectivity index (χ2v) is 9.24. The molecule has 188 valence electrons. The van der Waals surface area contributed by atoms with Gasteiger partial charge in [0.1, 0.15) is 0 Å². The maximum Gasteiger partial charge on any atom is 0.416 e. The first-order valence-corrected chi connectivity index (χ1v) is 11.6. The van der Waals surface area contributed by atoms with Crippen LogP contribution < -0.4 is 5.32 Å². The Bertz CT molecular complexity index is 1400. The summed E-state index contributed by atoms with van der Waals surface area (Å²) < 4.78 is 44.2. The number of carbonyl (C=O) groups excluding carboxylic acids is 3. The summed E-state index contributed by atoms with van der Waals surface area (Å²) >= 11 is 6.00. The van der Waals surface area contributed by atoms with Crippen LogP contribution in [0.15, 0.2) is 42.5 Å². The lowest BCUT2D eigenvalue weighted by molar-refractivity contribution is -0.156. The van der Waals surface area contributed by atoms with Crippen molar-refractivity contribution in [3.05, 3.63) is 69.9 Å². The fourth-order valence-electron chi connectivity index (χ4n) is 5.34. The van der Waals surface area contributed by atoms with Crippen LogP contribution in [0.3, 0.4) is 0 Å². The summed E-state index contributed by atoms with van der Waals surface area (Å²) in [5.41, 5.74) is -0.586. The highest BCUT2D eigenvalue weighted by Crippen LogP contribution is 2.44. The Labute approximate surface area is 208 Å². The molecule has 2 aliphatic heterocycles. The number of nitrogens with one attached hydrogen (secondary N) is 2. The van der Waals surface area contributed by atoms with Crippen LogP contribution in [-0.4, -0.2) is 47.9 Å². The number of aromatic amines is 1. The molecule has 2 aromatic carbocycles. The fraction of sp³-hybridized carbons (Fsp3) is 0.320. The number of likely N-dealkylation sites (tertiary alicyclic amines) is 1. The molecule has 11 heteroatoms. The number of benzene rings is 2. The lowest BCUT2D eigenvalue weighted by Gasteiger charge is -2.39. The number of imide groups is 1. The number of halogens is 4. The van der Waals surface area contributed by atoms with E-state index < -0.39 is 46.0 Å². The number of aromatic nitrogens is 1. The Balaban J connectivity index is 1.53. The summed E-state index contributed by atoms with van der Waals surface area (Å²) in [7, 11) is 1.23. The minimum Gasteiger partial charge on any atom is -0.467 e. The Morgan fingerprint density at radius 3 is 2.64 bits per heavy atom. The number of amides is 2. The monoisotopic (exact) mass is 519 g/mol. The lowest BCUT2D eigenvalue weighted by atomic mass is 9.75. The summed E-state index contributed by atoms with van der Waals surface area (Å²) in [4.78, 5) is 44.3. The van der Waals surface area contributed by atoms with Gasteiger partial charge in [-0.25, -0.2) is 4.79 Å². The van der Waals surface area contributed by atoms with Crippen LogP contribution in [0.1, 0.15) is 33.6 Å². The molecule has 1 fully saturated rings. The number of hydrogen-bond acceptors (Lipinski definition) is 5. The predicted molar refractivity (Wildman–Crippen MR) is 124 cm³/mol. The summed E-state index contributed by atoms with van der Waals surface area (Å²) in [6.45, 7) is 0.363. The van der Waals surface area contributed by atoms with Gasteiger partial charge in [-0.05, 0) is 42.7 Å². The summed E-state index contributed by atoms with van der Waals surface area (Å²) in [6, 6.07) is 9.89. The standard InChI is InChI=1S/C25H21ClF3N3O4/c1-36-23(35)24(20-15(8-10-30-24)14-4-2-3-5-19(14)31-20)17-9-11-32(22(17)34)21(33)16-7-6-13(12-18(16)26)25(27,28)29/h2-7,12,17,30-31H,8-11H2,1H3/t17-,24+/m0/s1. The second-order valence-electron chi connectivity index (χ2n) is 8.83. The van der Waals surface area contributed by atoms with E-state index in [1.54, 1.807) is 0 Å². The van der Waals surface area contributed by atoms with E-state index in [9.17, 15) is 27.6 Å². The molecule has 0 spiro atoms. The quantitative estimate of drug-likeness (QED) is 0.402. The van der Waals surface area contributed by atoms with Gasteiger partial charge in [0.2, 0.25) is 5.91 Å². The molecule has 1 saturated heterocycles. The molecule has 0 aliphatic carbocycles. The lowest BCUT2D eigenvalue weighted by Crippen LogP contribution is -2.60. The Morgan fingerprint density at radius 1 is 1.19 bits per heavy atom.